The average Bonchev–Trinajstić information content (AvgIpc) is 2.42. The lowest BCUT2D eigenvalue weighted by Crippen LogP contribution is -2.25. The van der Waals surface area contributed by atoms with Crippen LogP contribution >= 0.6 is 11.6 Å². The molecule has 0 saturated heterocycles. The van der Waals surface area contributed by atoms with Crippen LogP contribution in [0.1, 0.15) is 0 Å². The third kappa shape index (κ3) is 6.11. The third-order valence-electron chi connectivity index (χ3n) is 2.43. The van der Waals surface area contributed by atoms with E-state index in [4.69, 9.17) is 25.8 Å². The largest absolute Gasteiger partial charge is 0.495 e. The fraction of sp³-hybridized carbons (Fsp3) is 0.538. The van der Waals surface area contributed by atoms with E-state index in [9.17, 15) is 5.11 Å². The van der Waals surface area contributed by atoms with Crippen molar-refractivity contribution in [2.24, 2.45) is 0 Å². The highest BCUT2D eigenvalue weighted by molar-refractivity contribution is 6.32. The van der Waals surface area contributed by atoms with Gasteiger partial charge in [0.1, 0.15) is 5.75 Å². The summed E-state index contributed by atoms with van der Waals surface area (Å²) in [6, 6.07) is 5.34. The van der Waals surface area contributed by atoms with E-state index in [0.29, 0.717) is 30.5 Å². The van der Waals surface area contributed by atoms with Crippen LogP contribution in [-0.4, -0.2) is 51.8 Å². The molecule has 1 aromatic rings. The van der Waals surface area contributed by atoms with E-state index in [0.717, 1.165) is 5.69 Å². The molecule has 1 aromatic carbocycles. The summed E-state index contributed by atoms with van der Waals surface area (Å²) in [4.78, 5) is 0. The normalized spacial score (nSPS) is 12.2. The second kappa shape index (κ2) is 8.98. The number of hydrogen-bond acceptors (Lipinski definition) is 5. The van der Waals surface area contributed by atoms with Gasteiger partial charge in [0, 0.05) is 25.4 Å². The van der Waals surface area contributed by atoms with Crippen molar-refractivity contribution in [1.29, 1.82) is 0 Å². The zero-order chi connectivity index (χ0) is 14.1. The summed E-state index contributed by atoms with van der Waals surface area (Å²) in [6.07, 6.45) is -0.585. The van der Waals surface area contributed by atoms with Gasteiger partial charge in [-0.25, -0.2) is 0 Å². The molecule has 5 nitrogen and oxygen atoms in total. The lowest BCUT2D eigenvalue weighted by Gasteiger charge is -2.14. The van der Waals surface area contributed by atoms with Crippen LogP contribution < -0.4 is 10.1 Å². The Balaban J connectivity index is 2.31. The molecule has 0 fully saturated rings. The molecule has 0 aliphatic rings. The monoisotopic (exact) mass is 289 g/mol. The van der Waals surface area contributed by atoms with Gasteiger partial charge >= 0.3 is 0 Å². The minimum atomic E-state index is -0.585. The van der Waals surface area contributed by atoms with E-state index in [-0.39, 0.29) is 6.61 Å². The highest BCUT2D eigenvalue weighted by Gasteiger charge is 2.06. The van der Waals surface area contributed by atoms with Crippen molar-refractivity contribution in [2.75, 3.05) is 45.9 Å². The van der Waals surface area contributed by atoms with Gasteiger partial charge in [0.25, 0.3) is 0 Å². The van der Waals surface area contributed by atoms with Crippen molar-refractivity contribution in [3.63, 3.8) is 0 Å². The minimum absolute atomic E-state index is 0.265. The van der Waals surface area contributed by atoms with Crippen molar-refractivity contribution in [2.45, 2.75) is 6.10 Å². The van der Waals surface area contributed by atoms with Gasteiger partial charge in [-0.1, -0.05) is 11.6 Å². The van der Waals surface area contributed by atoms with Crippen molar-refractivity contribution >= 4 is 17.3 Å². The molecule has 0 spiro atoms. The van der Waals surface area contributed by atoms with Gasteiger partial charge in [0.05, 0.1) is 38.1 Å². The number of halogens is 1. The quantitative estimate of drug-likeness (QED) is 0.679. The second-order valence-corrected chi connectivity index (χ2v) is 4.36. The molecule has 0 aliphatic carbocycles. The summed E-state index contributed by atoms with van der Waals surface area (Å²) in [5.41, 5.74) is 0.831. The molecule has 108 valence electrons. The van der Waals surface area contributed by atoms with E-state index < -0.39 is 6.10 Å². The van der Waals surface area contributed by atoms with Gasteiger partial charge < -0.3 is 24.6 Å². The Labute approximate surface area is 118 Å². The van der Waals surface area contributed by atoms with Gasteiger partial charge in [0.2, 0.25) is 0 Å². The maximum Gasteiger partial charge on any atom is 0.139 e. The predicted octanol–water partition coefficient (Wildman–Crippen LogP) is 1.78. The summed E-state index contributed by atoms with van der Waals surface area (Å²) in [6.45, 7) is 1.65. The van der Waals surface area contributed by atoms with Gasteiger partial charge in [0.15, 0.2) is 0 Å². The van der Waals surface area contributed by atoms with Crippen LogP contribution in [-0.2, 0) is 9.47 Å². The average molecular weight is 290 g/mol. The molecule has 0 aromatic heterocycles. The maximum absolute atomic E-state index is 9.71. The zero-order valence-corrected chi connectivity index (χ0v) is 11.9. The van der Waals surface area contributed by atoms with Gasteiger partial charge in [-0.15, -0.1) is 0 Å². The highest BCUT2D eigenvalue weighted by atomic mass is 35.5. The lowest BCUT2D eigenvalue weighted by atomic mass is 10.3. The van der Waals surface area contributed by atoms with Gasteiger partial charge in [-0.05, 0) is 12.1 Å². The van der Waals surface area contributed by atoms with Crippen LogP contribution in [0.4, 0.5) is 5.69 Å². The van der Waals surface area contributed by atoms with Crippen molar-refractivity contribution in [3.05, 3.63) is 23.2 Å². The molecular weight excluding hydrogens is 270 g/mol. The number of benzene rings is 1. The van der Waals surface area contributed by atoms with Crippen molar-refractivity contribution in [1.82, 2.24) is 0 Å². The lowest BCUT2D eigenvalue weighted by molar-refractivity contribution is 0.0182. The third-order valence-corrected chi connectivity index (χ3v) is 2.75. The molecule has 6 heteroatoms. The van der Waals surface area contributed by atoms with Crippen molar-refractivity contribution < 1.29 is 19.3 Å². The SMILES string of the molecule is COCCOCC(O)CNc1ccc(Cl)c(OC)c1. The first-order valence-corrected chi connectivity index (χ1v) is 6.37. The van der Waals surface area contributed by atoms with Crippen molar-refractivity contribution in [3.8, 4) is 5.75 Å². The second-order valence-electron chi connectivity index (χ2n) is 3.95. The van der Waals surface area contributed by atoms with Crippen LogP contribution in [0.5, 0.6) is 5.75 Å². The summed E-state index contributed by atoms with van der Waals surface area (Å²) < 4.78 is 15.2. The predicted molar refractivity (Wildman–Crippen MR) is 75.2 cm³/mol. The van der Waals surface area contributed by atoms with E-state index in [1.807, 2.05) is 6.07 Å². The van der Waals surface area contributed by atoms with Gasteiger partial charge in [-0.2, -0.15) is 0 Å². The standard InChI is InChI=1S/C13H20ClNO4/c1-17-5-6-19-9-11(16)8-15-10-3-4-12(14)13(7-10)18-2/h3-4,7,11,15-16H,5-6,8-9H2,1-2H3. The Morgan fingerprint density at radius 1 is 1.32 bits per heavy atom. The molecule has 1 atom stereocenters. The van der Waals surface area contributed by atoms with Crippen LogP contribution in [0.2, 0.25) is 5.02 Å². The molecule has 2 N–H and O–H groups in total. The molecule has 0 saturated carbocycles. The number of anilines is 1. The number of aliphatic hydroxyl groups is 1. The summed E-state index contributed by atoms with van der Waals surface area (Å²) in [5, 5.41) is 13.3. The zero-order valence-electron chi connectivity index (χ0n) is 11.2. The number of ether oxygens (including phenoxy) is 3. The molecule has 0 heterocycles. The number of nitrogens with one attached hydrogen (secondary N) is 1. The van der Waals surface area contributed by atoms with Crippen LogP contribution in [0.15, 0.2) is 18.2 Å². The molecule has 1 rings (SSSR count). The Morgan fingerprint density at radius 2 is 2.11 bits per heavy atom. The molecule has 0 radical (unpaired) electrons. The molecule has 0 amide bonds. The summed E-state index contributed by atoms with van der Waals surface area (Å²) >= 11 is 5.92. The van der Waals surface area contributed by atoms with Gasteiger partial charge in [-0.3, -0.25) is 0 Å². The molecule has 1 unspecified atom stereocenters. The highest BCUT2D eigenvalue weighted by Crippen LogP contribution is 2.27. The van der Waals surface area contributed by atoms with E-state index >= 15 is 0 Å². The van der Waals surface area contributed by atoms with Crippen LogP contribution in [0.25, 0.3) is 0 Å². The fourth-order valence-corrected chi connectivity index (χ4v) is 1.62. The Bertz CT molecular complexity index is 376. The van der Waals surface area contributed by atoms with E-state index in [2.05, 4.69) is 5.32 Å². The minimum Gasteiger partial charge on any atom is -0.495 e. The molecule has 0 bridgehead atoms. The number of aliphatic hydroxyl groups excluding tert-OH is 1. The maximum atomic E-state index is 9.71. The number of hydrogen-bond donors (Lipinski definition) is 2. The smallest absolute Gasteiger partial charge is 0.139 e. The van der Waals surface area contributed by atoms with Crippen LogP contribution in [0.3, 0.4) is 0 Å². The number of rotatable bonds is 9. The first kappa shape index (κ1) is 16.0. The Kier molecular flexibility index (Phi) is 7.59. The fourth-order valence-electron chi connectivity index (χ4n) is 1.43. The molecule has 19 heavy (non-hydrogen) atoms. The first-order chi connectivity index (χ1) is 9.17. The summed E-state index contributed by atoms with van der Waals surface area (Å²) in [5.74, 6) is 0.595. The first-order valence-electron chi connectivity index (χ1n) is 5.99. The number of methoxy groups -OCH3 is 2. The van der Waals surface area contributed by atoms with Crippen LogP contribution in [0, 0.1) is 0 Å². The Morgan fingerprint density at radius 3 is 2.79 bits per heavy atom. The Hall–Kier alpha value is -1.01. The molecular formula is C13H20ClNO4. The summed E-state index contributed by atoms with van der Waals surface area (Å²) in [7, 11) is 3.17. The topological polar surface area (TPSA) is 60.0 Å². The van der Waals surface area contributed by atoms with E-state index in [1.165, 1.54) is 0 Å². The molecule has 0 aliphatic heterocycles. The van der Waals surface area contributed by atoms with E-state index in [1.54, 1.807) is 26.4 Å².